The van der Waals surface area contributed by atoms with Crippen LogP contribution in [0, 0.1) is 11.3 Å². The van der Waals surface area contributed by atoms with Crippen LogP contribution in [0.25, 0.3) is 0 Å². The summed E-state index contributed by atoms with van der Waals surface area (Å²) in [5.41, 5.74) is 0.958. The van der Waals surface area contributed by atoms with E-state index < -0.39 is 5.97 Å². The Kier molecular flexibility index (Phi) is 3.73. The Hall–Kier alpha value is -2.46. The summed E-state index contributed by atoms with van der Waals surface area (Å²) < 4.78 is 0.477. The van der Waals surface area contributed by atoms with Gasteiger partial charge in [-0.3, -0.25) is 0 Å². The molecule has 2 aromatic rings. The van der Waals surface area contributed by atoms with Crippen molar-refractivity contribution in [2.75, 3.05) is 5.32 Å². The van der Waals surface area contributed by atoms with Crippen molar-refractivity contribution >= 4 is 33.4 Å². The Balaban J connectivity index is 2.37. The van der Waals surface area contributed by atoms with Gasteiger partial charge in [-0.15, -0.1) is 5.10 Å². The van der Waals surface area contributed by atoms with E-state index in [1.54, 1.807) is 12.1 Å². The van der Waals surface area contributed by atoms with E-state index in [9.17, 15) is 4.79 Å². The Morgan fingerprint density at radius 3 is 2.89 bits per heavy atom. The van der Waals surface area contributed by atoms with Gasteiger partial charge in [-0.25, -0.2) is 4.79 Å². The number of nitrogens with one attached hydrogen (secondary N) is 1. The molecule has 19 heavy (non-hydrogen) atoms. The molecule has 0 atom stereocenters. The van der Waals surface area contributed by atoms with Gasteiger partial charge in [0.05, 0.1) is 17.3 Å². The quantitative estimate of drug-likeness (QED) is 0.902. The van der Waals surface area contributed by atoms with Crippen LogP contribution in [0.3, 0.4) is 0 Å². The average molecular weight is 319 g/mol. The number of nitrogens with zero attached hydrogens (tertiary/aromatic N) is 3. The first kappa shape index (κ1) is 13.0. The predicted octanol–water partition coefficient (Wildman–Crippen LogP) is 2.55. The molecule has 7 heteroatoms. The van der Waals surface area contributed by atoms with E-state index in [-0.39, 0.29) is 11.4 Å². The van der Waals surface area contributed by atoms with E-state index in [1.807, 2.05) is 6.07 Å². The highest BCUT2D eigenvalue weighted by Crippen LogP contribution is 2.24. The number of halogens is 1. The van der Waals surface area contributed by atoms with Crippen LogP contribution < -0.4 is 5.32 Å². The topological polar surface area (TPSA) is 98.9 Å². The zero-order chi connectivity index (χ0) is 13.8. The lowest BCUT2D eigenvalue weighted by molar-refractivity contribution is 0.0696. The third-order valence-electron chi connectivity index (χ3n) is 2.30. The first-order valence-corrected chi connectivity index (χ1v) is 5.93. The fourth-order valence-electron chi connectivity index (χ4n) is 1.42. The number of nitriles is 1. The first-order valence-electron chi connectivity index (χ1n) is 5.13. The molecule has 2 N–H and O–H groups in total. The van der Waals surface area contributed by atoms with E-state index in [4.69, 9.17) is 10.4 Å². The number of aromatic carboxylic acids is 1. The van der Waals surface area contributed by atoms with Crippen LogP contribution in [0.4, 0.5) is 11.5 Å². The molecule has 0 aliphatic rings. The second-order valence-electron chi connectivity index (χ2n) is 3.53. The smallest absolute Gasteiger partial charge is 0.336 e. The van der Waals surface area contributed by atoms with Crippen molar-refractivity contribution in [2.45, 2.75) is 0 Å². The highest BCUT2D eigenvalue weighted by atomic mass is 79.9. The van der Waals surface area contributed by atoms with E-state index >= 15 is 0 Å². The number of carboxylic acids is 1. The molecule has 1 heterocycles. The van der Waals surface area contributed by atoms with E-state index in [1.165, 1.54) is 18.3 Å². The normalized spacial score (nSPS) is 9.68. The van der Waals surface area contributed by atoms with Crippen molar-refractivity contribution in [2.24, 2.45) is 0 Å². The second-order valence-corrected chi connectivity index (χ2v) is 4.38. The summed E-state index contributed by atoms with van der Waals surface area (Å²) in [6, 6.07) is 8.22. The van der Waals surface area contributed by atoms with Crippen LogP contribution in [-0.4, -0.2) is 21.3 Å². The number of benzene rings is 1. The van der Waals surface area contributed by atoms with Crippen molar-refractivity contribution < 1.29 is 9.90 Å². The molecule has 2 rings (SSSR count). The summed E-state index contributed by atoms with van der Waals surface area (Å²) in [4.78, 5) is 11.0. The molecule has 0 unspecified atom stereocenters. The zero-order valence-corrected chi connectivity index (χ0v) is 11.0. The van der Waals surface area contributed by atoms with Crippen LogP contribution in [-0.2, 0) is 0 Å². The standard InChI is InChI=1S/C12H7BrN4O2/c13-10-2-1-8(5-9(10)12(18)19)16-11-7(6-14)3-4-15-17-11/h1-5H,(H,16,17)(H,18,19). The molecule has 0 spiro atoms. The van der Waals surface area contributed by atoms with E-state index in [0.717, 1.165) is 0 Å². The van der Waals surface area contributed by atoms with Gasteiger partial charge in [0.15, 0.2) is 5.82 Å². The molecule has 6 nitrogen and oxygen atoms in total. The third-order valence-corrected chi connectivity index (χ3v) is 2.99. The number of hydrogen-bond donors (Lipinski definition) is 2. The van der Waals surface area contributed by atoms with Crippen LogP contribution in [0.15, 0.2) is 34.9 Å². The molecule has 0 bridgehead atoms. The molecule has 0 radical (unpaired) electrons. The third kappa shape index (κ3) is 2.86. The summed E-state index contributed by atoms with van der Waals surface area (Å²) in [6.07, 6.45) is 1.41. The second kappa shape index (κ2) is 5.46. The lowest BCUT2D eigenvalue weighted by atomic mass is 10.2. The molecule has 0 fully saturated rings. The number of rotatable bonds is 3. The fourth-order valence-corrected chi connectivity index (χ4v) is 1.83. The van der Waals surface area contributed by atoms with Gasteiger partial charge in [0, 0.05) is 10.2 Å². The largest absolute Gasteiger partial charge is 0.478 e. The first-order chi connectivity index (χ1) is 9.11. The van der Waals surface area contributed by atoms with Crippen molar-refractivity contribution in [1.29, 1.82) is 5.26 Å². The highest BCUT2D eigenvalue weighted by molar-refractivity contribution is 9.10. The summed E-state index contributed by atoms with van der Waals surface area (Å²) in [5, 5.41) is 28.3. The number of anilines is 2. The van der Waals surface area contributed by atoms with Gasteiger partial charge in [-0.1, -0.05) is 0 Å². The van der Waals surface area contributed by atoms with Crippen molar-refractivity contribution in [1.82, 2.24) is 10.2 Å². The van der Waals surface area contributed by atoms with Crippen molar-refractivity contribution in [3.63, 3.8) is 0 Å². The molecule has 0 saturated carbocycles. The Morgan fingerprint density at radius 2 is 2.21 bits per heavy atom. The minimum atomic E-state index is -1.05. The minimum Gasteiger partial charge on any atom is -0.478 e. The van der Waals surface area contributed by atoms with Crippen LogP contribution in [0.5, 0.6) is 0 Å². The Bertz CT molecular complexity index is 682. The Morgan fingerprint density at radius 1 is 1.42 bits per heavy atom. The van der Waals surface area contributed by atoms with Crippen LogP contribution in [0.1, 0.15) is 15.9 Å². The molecule has 1 aromatic carbocycles. The summed E-state index contributed by atoms with van der Waals surface area (Å²) in [6.45, 7) is 0. The van der Waals surface area contributed by atoms with Crippen molar-refractivity contribution in [3.8, 4) is 6.07 Å². The molecule has 0 aliphatic carbocycles. The van der Waals surface area contributed by atoms with Gasteiger partial charge in [0.25, 0.3) is 0 Å². The monoisotopic (exact) mass is 318 g/mol. The maximum atomic E-state index is 11.0. The minimum absolute atomic E-state index is 0.118. The van der Waals surface area contributed by atoms with Gasteiger partial charge in [0.2, 0.25) is 0 Å². The van der Waals surface area contributed by atoms with E-state index in [2.05, 4.69) is 31.4 Å². The molecule has 0 saturated heterocycles. The maximum Gasteiger partial charge on any atom is 0.336 e. The number of carbonyl (C=O) groups is 1. The number of aromatic nitrogens is 2. The van der Waals surface area contributed by atoms with Gasteiger partial charge in [-0.2, -0.15) is 10.4 Å². The summed E-state index contributed by atoms with van der Waals surface area (Å²) in [7, 11) is 0. The van der Waals surface area contributed by atoms with Gasteiger partial charge >= 0.3 is 5.97 Å². The van der Waals surface area contributed by atoms with Crippen LogP contribution >= 0.6 is 15.9 Å². The Labute approximate surface area is 116 Å². The molecular weight excluding hydrogens is 312 g/mol. The molecule has 1 aromatic heterocycles. The van der Waals surface area contributed by atoms with E-state index in [0.29, 0.717) is 15.7 Å². The predicted molar refractivity (Wildman–Crippen MR) is 71.1 cm³/mol. The highest BCUT2D eigenvalue weighted by Gasteiger charge is 2.10. The van der Waals surface area contributed by atoms with Crippen LogP contribution in [0.2, 0.25) is 0 Å². The SMILES string of the molecule is N#Cc1ccnnc1Nc1ccc(Br)c(C(=O)O)c1. The number of hydrogen-bond acceptors (Lipinski definition) is 5. The summed E-state index contributed by atoms with van der Waals surface area (Å²) >= 11 is 3.16. The zero-order valence-electron chi connectivity index (χ0n) is 9.46. The molecule has 0 amide bonds. The molecule has 0 aliphatic heterocycles. The molecular formula is C12H7BrN4O2. The van der Waals surface area contributed by atoms with Gasteiger partial charge in [0.1, 0.15) is 6.07 Å². The average Bonchev–Trinajstić information content (AvgIpc) is 2.41. The lowest BCUT2D eigenvalue weighted by Gasteiger charge is -2.07. The van der Waals surface area contributed by atoms with Gasteiger partial charge in [-0.05, 0) is 40.2 Å². The fraction of sp³-hybridized carbons (Fsp3) is 0. The lowest BCUT2D eigenvalue weighted by Crippen LogP contribution is -2.02. The number of carboxylic acid groups (broad SMARTS) is 1. The van der Waals surface area contributed by atoms with Gasteiger partial charge < -0.3 is 10.4 Å². The maximum absolute atomic E-state index is 11.0. The van der Waals surface area contributed by atoms with Crippen molar-refractivity contribution in [3.05, 3.63) is 46.1 Å². The summed E-state index contributed by atoms with van der Waals surface area (Å²) in [5.74, 6) is -0.765. The molecule has 94 valence electrons.